The van der Waals surface area contributed by atoms with Gasteiger partial charge in [-0.05, 0) is 31.0 Å². The summed E-state index contributed by atoms with van der Waals surface area (Å²) in [5.74, 6) is 0. The van der Waals surface area contributed by atoms with Crippen LogP contribution in [0, 0.1) is 11.3 Å². The molecular formula is C15H15N3O. The molecule has 0 amide bonds. The van der Waals surface area contributed by atoms with E-state index in [2.05, 4.69) is 11.2 Å². The van der Waals surface area contributed by atoms with Gasteiger partial charge < -0.3 is 0 Å². The molecule has 0 radical (unpaired) electrons. The quantitative estimate of drug-likeness (QED) is 0.841. The Kier molecular flexibility index (Phi) is 3.48. The Morgan fingerprint density at radius 3 is 2.68 bits per heavy atom. The minimum Gasteiger partial charge on any atom is -0.268 e. The van der Waals surface area contributed by atoms with Crippen LogP contribution in [-0.2, 0) is 12.0 Å². The minimum absolute atomic E-state index is 0.146. The maximum atomic E-state index is 11.7. The SMILES string of the molecule is CC(C)(C#N)c1ccccc1Cn1ncccc1=O. The molecule has 0 N–H and O–H groups in total. The average Bonchev–Trinajstić information content (AvgIpc) is 2.42. The summed E-state index contributed by atoms with van der Waals surface area (Å²) in [6.07, 6.45) is 1.58. The zero-order valence-electron chi connectivity index (χ0n) is 11.0. The van der Waals surface area contributed by atoms with E-state index in [0.717, 1.165) is 11.1 Å². The standard InChI is InChI=1S/C15H15N3O/c1-15(2,11-16)13-7-4-3-6-12(13)10-18-14(19)8-5-9-17-18/h3-9H,10H2,1-2H3. The van der Waals surface area contributed by atoms with Crippen LogP contribution in [0.4, 0.5) is 0 Å². The third kappa shape index (κ3) is 2.71. The zero-order chi connectivity index (χ0) is 13.9. The molecule has 2 rings (SSSR count). The summed E-state index contributed by atoms with van der Waals surface area (Å²) in [5.41, 5.74) is 1.13. The van der Waals surface area contributed by atoms with Gasteiger partial charge >= 0.3 is 0 Å². The highest BCUT2D eigenvalue weighted by molar-refractivity contribution is 5.37. The largest absolute Gasteiger partial charge is 0.268 e. The number of rotatable bonds is 3. The molecule has 4 heteroatoms. The molecule has 1 aromatic carbocycles. The fraction of sp³-hybridized carbons (Fsp3) is 0.267. The van der Waals surface area contributed by atoms with Crippen molar-refractivity contribution in [2.24, 2.45) is 0 Å². The molecule has 0 aliphatic carbocycles. The van der Waals surface area contributed by atoms with Gasteiger partial charge in [0.1, 0.15) is 0 Å². The Labute approximate surface area is 111 Å². The van der Waals surface area contributed by atoms with Crippen LogP contribution < -0.4 is 5.56 Å². The first-order chi connectivity index (χ1) is 9.04. The van der Waals surface area contributed by atoms with Crippen LogP contribution >= 0.6 is 0 Å². The maximum Gasteiger partial charge on any atom is 0.267 e. The fourth-order valence-electron chi connectivity index (χ4n) is 2.00. The highest BCUT2D eigenvalue weighted by atomic mass is 16.1. The van der Waals surface area contributed by atoms with Crippen molar-refractivity contribution in [1.82, 2.24) is 9.78 Å². The van der Waals surface area contributed by atoms with Crippen LogP contribution in [0.25, 0.3) is 0 Å². The van der Waals surface area contributed by atoms with E-state index in [9.17, 15) is 10.1 Å². The summed E-state index contributed by atoms with van der Waals surface area (Å²) < 4.78 is 1.40. The van der Waals surface area contributed by atoms with Gasteiger partial charge in [-0.1, -0.05) is 24.3 Å². The molecular weight excluding hydrogens is 238 g/mol. The molecule has 1 heterocycles. The van der Waals surface area contributed by atoms with Gasteiger partial charge in [0.25, 0.3) is 5.56 Å². The third-order valence-corrected chi connectivity index (χ3v) is 3.08. The van der Waals surface area contributed by atoms with E-state index in [1.54, 1.807) is 12.3 Å². The minimum atomic E-state index is -0.588. The first-order valence-electron chi connectivity index (χ1n) is 6.06. The summed E-state index contributed by atoms with van der Waals surface area (Å²) in [6.45, 7) is 4.11. The lowest BCUT2D eigenvalue weighted by Crippen LogP contribution is -2.24. The van der Waals surface area contributed by atoms with Gasteiger partial charge in [-0.25, -0.2) is 4.68 Å². The van der Waals surface area contributed by atoms with Gasteiger partial charge in [-0.3, -0.25) is 4.79 Å². The van der Waals surface area contributed by atoms with Crippen LogP contribution in [-0.4, -0.2) is 9.78 Å². The number of hydrogen-bond donors (Lipinski definition) is 0. The van der Waals surface area contributed by atoms with Crippen LogP contribution in [0.15, 0.2) is 47.4 Å². The molecule has 0 aliphatic heterocycles. The van der Waals surface area contributed by atoms with Crippen molar-refractivity contribution < 1.29 is 0 Å². The molecule has 19 heavy (non-hydrogen) atoms. The predicted molar refractivity (Wildman–Crippen MR) is 72.7 cm³/mol. The van der Waals surface area contributed by atoms with E-state index in [1.807, 2.05) is 38.1 Å². The lowest BCUT2D eigenvalue weighted by molar-refractivity contribution is 0.613. The maximum absolute atomic E-state index is 11.7. The molecule has 0 aliphatic rings. The molecule has 96 valence electrons. The van der Waals surface area contributed by atoms with Crippen LogP contribution in [0.3, 0.4) is 0 Å². The van der Waals surface area contributed by atoms with Gasteiger partial charge in [0.2, 0.25) is 0 Å². The number of hydrogen-bond acceptors (Lipinski definition) is 3. The van der Waals surface area contributed by atoms with E-state index < -0.39 is 5.41 Å². The second-order valence-corrected chi connectivity index (χ2v) is 4.91. The summed E-state index contributed by atoms with van der Waals surface area (Å²) in [6, 6.07) is 13.0. The van der Waals surface area contributed by atoms with Crippen molar-refractivity contribution in [3.63, 3.8) is 0 Å². The molecule has 0 saturated carbocycles. The summed E-state index contributed by atoms with van der Waals surface area (Å²) in [4.78, 5) is 11.7. The van der Waals surface area contributed by atoms with E-state index in [4.69, 9.17) is 0 Å². The number of benzene rings is 1. The topological polar surface area (TPSA) is 58.7 Å². The molecule has 0 fully saturated rings. The molecule has 1 aromatic heterocycles. The Morgan fingerprint density at radius 1 is 1.26 bits per heavy atom. The molecule has 4 nitrogen and oxygen atoms in total. The summed E-state index contributed by atoms with van der Waals surface area (Å²) in [7, 11) is 0. The van der Waals surface area contributed by atoms with Gasteiger partial charge in [-0.2, -0.15) is 10.4 Å². The highest BCUT2D eigenvalue weighted by Gasteiger charge is 2.22. The monoisotopic (exact) mass is 253 g/mol. The van der Waals surface area contributed by atoms with Crippen LogP contribution in [0.5, 0.6) is 0 Å². The van der Waals surface area contributed by atoms with E-state index >= 15 is 0 Å². The van der Waals surface area contributed by atoms with Crippen molar-refractivity contribution in [1.29, 1.82) is 5.26 Å². The molecule has 0 saturated heterocycles. The normalized spacial score (nSPS) is 11.0. The van der Waals surface area contributed by atoms with Gasteiger partial charge in [0, 0.05) is 12.3 Å². The Balaban J connectivity index is 2.46. The second kappa shape index (κ2) is 5.07. The van der Waals surface area contributed by atoms with Crippen molar-refractivity contribution in [2.45, 2.75) is 25.8 Å². The van der Waals surface area contributed by atoms with Crippen molar-refractivity contribution in [2.75, 3.05) is 0 Å². The third-order valence-electron chi connectivity index (χ3n) is 3.08. The first-order valence-corrected chi connectivity index (χ1v) is 6.06. The number of nitriles is 1. The molecule has 2 aromatic rings. The van der Waals surface area contributed by atoms with E-state index in [-0.39, 0.29) is 5.56 Å². The molecule has 0 atom stereocenters. The molecule has 0 spiro atoms. The van der Waals surface area contributed by atoms with Gasteiger partial charge in [0.15, 0.2) is 0 Å². The smallest absolute Gasteiger partial charge is 0.267 e. The molecule has 0 bridgehead atoms. The van der Waals surface area contributed by atoms with E-state index in [0.29, 0.717) is 6.54 Å². The van der Waals surface area contributed by atoms with Crippen LogP contribution in [0.2, 0.25) is 0 Å². The summed E-state index contributed by atoms with van der Waals surface area (Å²) >= 11 is 0. The molecule has 0 unspecified atom stereocenters. The predicted octanol–water partition coefficient (Wildman–Crippen LogP) is 2.09. The first kappa shape index (κ1) is 13.0. The van der Waals surface area contributed by atoms with Crippen LogP contribution in [0.1, 0.15) is 25.0 Å². The fourth-order valence-corrected chi connectivity index (χ4v) is 2.00. The average molecular weight is 253 g/mol. The second-order valence-electron chi connectivity index (χ2n) is 4.91. The van der Waals surface area contributed by atoms with Crippen molar-refractivity contribution in [3.05, 3.63) is 64.1 Å². The number of nitrogens with zero attached hydrogens (tertiary/aromatic N) is 3. The lowest BCUT2D eigenvalue weighted by atomic mass is 9.83. The van der Waals surface area contributed by atoms with Crippen molar-refractivity contribution in [3.8, 4) is 6.07 Å². The summed E-state index contributed by atoms with van der Waals surface area (Å²) in [5, 5.41) is 13.3. The number of aromatic nitrogens is 2. The Bertz CT molecular complexity index is 680. The van der Waals surface area contributed by atoms with Gasteiger partial charge in [0.05, 0.1) is 18.0 Å². The van der Waals surface area contributed by atoms with E-state index in [1.165, 1.54) is 10.7 Å². The Hall–Kier alpha value is -2.41. The zero-order valence-corrected chi connectivity index (χ0v) is 11.0. The lowest BCUT2D eigenvalue weighted by Gasteiger charge is -2.20. The highest BCUT2D eigenvalue weighted by Crippen LogP contribution is 2.25. The van der Waals surface area contributed by atoms with Gasteiger partial charge in [-0.15, -0.1) is 0 Å². The Morgan fingerprint density at radius 2 is 2.00 bits per heavy atom. The van der Waals surface area contributed by atoms with Crippen molar-refractivity contribution >= 4 is 0 Å².